The van der Waals surface area contributed by atoms with E-state index in [1.54, 1.807) is 48.7 Å². The van der Waals surface area contributed by atoms with E-state index >= 15 is 0 Å². The summed E-state index contributed by atoms with van der Waals surface area (Å²) < 4.78 is 25.3. The first kappa shape index (κ1) is 17.5. The molecule has 1 amide bonds. The van der Waals surface area contributed by atoms with Crippen molar-refractivity contribution < 1.29 is 13.2 Å². The number of nitrogens with one attached hydrogen (secondary N) is 1. The minimum Gasteiger partial charge on any atom is -0.289 e. The van der Waals surface area contributed by atoms with E-state index in [1.807, 2.05) is 18.2 Å². The average molecular weight is 375 g/mol. The van der Waals surface area contributed by atoms with E-state index in [-0.39, 0.29) is 0 Å². The predicted octanol–water partition coefficient (Wildman–Crippen LogP) is 2.47. The quantitative estimate of drug-likeness (QED) is 0.888. The smallest absolute Gasteiger partial charge is 0.289 e. The van der Waals surface area contributed by atoms with Crippen LogP contribution in [0.1, 0.15) is 5.56 Å². The average Bonchev–Trinajstić information content (AvgIpc) is 2.90. The van der Waals surface area contributed by atoms with Crippen molar-refractivity contribution in [2.75, 3.05) is 17.9 Å². The van der Waals surface area contributed by atoms with Gasteiger partial charge in [0.2, 0.25) is 0 Å². The molecule has 0 saturated heterocycles. The molecule has 130 valence electrons. The summed E-state index contributed by atoms with van der Waals surface area (Å²) >= 11 is 1.20. The number of nitrogens with zero attached hydrogens (tertiary/aromatic N) is 2. The molecule has 0 radical (unpaired) electrons. The summed E-state index contributed by atoms with van der Waals surface area (Å²) in [5.41, 5.74) is 3.94. The molecule has 1 aliphatic heterocycles. The van der Waals surface area contributed by atoms with Gasteiger partial charge in [-0.3, -0.25) is 10.2 Å². The monoisotopic (exact) mass is 375 g/mol. The number of benzene rings is 2. The van der Waals surface area contributed by atoms with Gasteiger partial charge in [-0.15, -0.1) is 0 Å². The first-order chi connectivity index (χ1) is 11.9. The number of rotatable bonds is 4. The van der Waals surface area contributed by atoms with E-state index in [4.69, 9.17) is 0 Å². The number of anilines is 1. The number of hydrazine groups is 1. The molecule has 1 N–H and O–H groups in total. The molecular formula is C17H17N3O3S2. The summed E-state index contributed by atoms with van der Waals surface area (Å²) in [6, 6.07) is 17.4. The van der Waals surface area contributed by atoms with Crippen LogP contribution < -0.4 is 5.43 Å². The van der Waals surface area contributed by atoms with Crippen LogP contribution in [0, 0.1) is 0 Å². The molecule has 0 unspecified atom stereocenters. The van der Waals surface area contributed by atoms with Crippen LogP contribution >= 0.6 is 11.8 Å². The second-order valence-corrected chi connectivity index (χ2v) is 8.41. The lowest BCUT2D eigenvalue weighted by molar-refractivity contribution is -0.127. The predicted molar refractivity (Wildman–Crippen MR) is 101 cm³/mol. The second-order valence-electron chi connectivity index (χ2n) is 5.50. The molecule has 2 aromatic carbocycles. The van der Waals surface area contributed by atoms with Crippen LogP contribution in [0.5, 0.6) is 0 Å². The number of aliphatic imine (C=N–C) groups is 1. The van der Waals surface area contributed by atoms with E-state index in [9.17, 15) is 13.2 Å². The van der Waals surface area contributed by atoms with Crippen LogP contribution in [0.2, 0.25) is 0 Å². The molecule has 0 bridgehead atoms. The summed E-state index contributed by atoms with van der Waals surface area (Å²) in [5, 5.41) is 1.50. The number of amidine groups is 1. The largest absolute Gasteiger partial charge is 0.295 e. The molecule has 25 heavy (non-hydrogen) atoms. The highest BCUT2D eigenvalue weighted by Crippen LogP contribution is 2.40. The number of carbonyl (C=O) groups excluding carboxylic acids is 1. The fourth-order valence-electron chi connectivity index (χ4n) is 2.66. The lowest BCUT2D eigenvalue weighted by Crippen LogP contribution is -2.47. The lowest BCUT2D eigenvalue weighted by Gasteiger charge is -2.25. The molecule has 8 heteroatoms. The molecule has 6 nitrogen and oxygen atoms in total. The minimum absolute atomic E-state index is 0.295. The molecule has 0 spiro atoms. The normalized spacial score (nSPS) is 20.5. The Kier molecular flexibility index (Phi) is 4.57. The zero-order valence-electron chi connectivity index (χ0n) is 13.7. The van der Waals surface area contributed by atoms with Gasteiger partial charge < -0.3 is 0 Å². The summed E-state index contributed by atoms with van der Waals surface area (Å²) in [4.78, 5) is 15.6. The fraction of sp³-hybridized carbons (Fsp3) is 0.176. The molecule has 1 heterocycles. The van der Waals surface area contributed by atoms with Crippen molar-refractivity contribution in [3.8, 4) is 0 Å². The van der Waals surface area contributed by atoms with Crippen molar-refractivity contribution in [3.05, 3.63) is 66.2 Å². The topological polar surface area (TPSA) is 78.8 Å². The molecule has 0 fully saturated rings. The highest BCUT2D eigenvalue weighted by molar-refractivity contribution is 8.13. The van der Waals surface area contributed by atoms with E-state index in [2.05, 4.69) is 10.4 Å². The maximum Gasteiger partial charge on any atom is 0.295 e. The first-order valence-electron chi connectivity index (χ1n) is 7.45. The number of thioether (sulfide) groups is 1. The van der Waals surface area contributed by atoms with E-state index in [1.165, 1.54) is 16.8 Å². The number of para-hydroxylation sites is 1. The number of hydrogen-bond acceptors (Lipinski definition) is 6. The molecule has 3 rings (SSSR count). The van der Waals surface area contributed by atoms with Gasteiger partial charge >= 0.3 is 0 Å². The van der Waals surface area contributed by atoms with E-state index < -0.39 is 20.6 Å². The van der Waals surface area contributed by atoms with Gasteiger partial charge in [0.1, 0.15) is 0 Å². The third kappa shape index (κ3) is 2.91. The van der Waals surface area contributed by atoms with Crippen molar-refractivity contribution in [1.82, 2.24) is 5.01 Å². The maximum absolute atomic E-state index is 13.2. The zero-order valence-corrected chi connectivity index (χ0v) is 15.3. The summed E-state index contributed by atoms with van der Waals surface area (Å²) in [5.74, 6) is -0.644. The van der Waals surface area contributed by atoms with Crippen LogP contribution in [-0.4, -0.2) is 37.0 Å². The highest BCUT2D eigenvalue weighted by atomic mass is 32.2. The van der Waals surface area contributed by atoms with Gasteiger partial charge in [-0.25, -0.2) is 13.4 Å². The zero-order chi connectivity index (χ0) is 18.1. The van der Waals surface area contributed by atoms with Crippen LogP contribution in [0.4, 0.5) is 5.69 Å². The van der Waals surface area contributed by atoms with E-state index in [0.29, 0.717) is 16.4 Å². The van der Waals surface area contributed by atoms with Gasteiger partial charge in [0, 0.05) is 11.8 Å². The number of sulfone groups is 1. The van der Waals surface area contributed by atoms with Crippen molar-refractivity contribution >= 4 is 38.4 Å². The Morgan fingerprint density at radius 1 is 1.04 bits per heavy atom. The molecule has 0 saturated carbocycles. The van der Waals surface area contributed by atoms with Crippen LogP contribution in [-0.2, 0) is 19.5 Å². The lowest BCUT2D eigenvalue weighted by atomic mass is 10.1. The summed E-state index contributed by atoms with van der Waals surface area (Å²) in [7, 11) is -3.87. The Labute approximate surface area is 150 Å². The Bertz CT molecular complexity index is 915. The van der Waals surface area contributed by atoms with Gasteiger partial charge in [-0.1, -0.05) is 60.3 Å². The van der Waals surface area contributed by atoms with Gasteiger partial charge in [0.15, 0.2) is 15.0 Å². The van der Waals surface area contributed by atoms with Crippen molar-refractivity contribution in [2.24, 2.45) is 4.99 Å². The Morgan fingerprint density at radius 2 is 1.60 bits per heavy atom. The van der Waals surface area contributed by atoms with Crippen LogP contribution in [0.25, 0.3) is 0 Å². The fourth-order valence-corrected chi connectivity index (χ4v) is 4.48. The number of amides is 1. The maximum atomic E-state index is 13.2. The molecule has 1 aliphatic rings. The number of carbonyl (C=O) groups is 1. The second kappa shape index (κ2) is 6.53. The SMILES string of the molecule is CSC1=N[C@@](c2ccccc2)(S(C)(=O)=O)C(=O)N1Nc1ccccc1. The van der Waals surface area contributed by atoms with Gasteiger partial charge in [-0.05, 0) is 18.4 Å². The first-order valence-corrected chi connectivity index (χ1v) is 10.6. The summed E-state index contributed by atoms with van der Waals surface area (Å²) in [6.07, 6.45) is 2.78. The van der Waals surface area contributed by atoms with Crippen molar-refractivity contribution in [1.29, 1.82) is 0 Å². The third-order valence-corrected chi connectivity index (χ3v) is 6.05. The van der Waals surface area contributed by atoms with Crippen molar-refractivity contribution in [3.63, 3.8) is 0 Å². The molecular weight excluding hydrogens is 358 g/mol. The van der Waals surface area contributed by atoms with E-state index in [0.717, 1.165) is 6.26 Å². The Hall–Kier alpha value is -2.32. The number of hydrogen-bond donors (Lipinski definition) is 1. The Balaban J connectivity index is 2.12. The molecule has 0 aromatic heterocycles. The Morgan fingerprint density at radius 3 is 2.12 bits per heavy atom. The molecule has 2 aromatic rings. The minimum atomic E-state index is -3.87. The molecule has 1 atom stereocenters. The highest BCUT2D eigenvalue weighted by Gasteiger charge is 2.57. The van der Waals surface area contributed by atoms with Gasteiger partial charge in [-0.2, -0.15) is 5.01 Å². The standard InChI is InChI=1S/C17H17N3O3S2/c1-24-16-18-17(25(2,22)23,13-9-5-3-6-10-13)15(21)20(16)19-14-11-7-4-8-12-14/h3-12,19H,1-2H3/t17-/m0/s1. The van der Waals surface area contributed by atoms with Crippen LogP contribution in [0.15, 0.2) is 65.7 Å². The van der Waals surface area contributed by atoms with Gasteiger partial charge in [0.05, 0.1) is 5.69 Å². The third-order valence-electron chi connectivity index (χ3n) is 3.84. The summed E-state index contributed by atoms with van der Waals surface area (Å²) in [6.45, 7) is 0. The van der Waals surface area contributed by atoms with Crippen LogP contribution in [0.3, 0.4) is 0 Å². The van der Waals surface area contributed by atoms with Gasteiger partial charge in [0.25, 0.3) is 10.8 Å². The van der Waals surface area contributed by atoms with Crippen molar-refractivity contribution in [2.45, 2.75) is 4.87 Å². The molecule has 0 aliphatic carbocycles.